The van der Waals surface area contributed by atoms with Gasteiger partial charge in [0, 0.05) is 18.5 Å². The molecule has 2 rings (SSSR count). The van der Waals surface area contributed by atoms with Crippen molar-refractivity contribution in [3.63, 3.8) is 0 Å². The van der Waals surface area contributed by atoms with E-state index in [0.29, 0.717) is 12.5 Å². The minimum atomic E-state index is -0.242. The second-order valence-electron chi connectivity index (χ2n) is 7.36. The lowest BCUT2D eigenvalue weighted by atomic mass is 9.90. The fourth-order valence-corrected chi connectivity index (χ4v) is 2.44. The Morgan fingerprint density at radius 1 is 1.00 bits per heavy atom. The first-order valence-electron chi connectivity index (χ1n) is 10.1. The van der Waals surface area contributed by atoms with Gasteiger partial charge in [0.1, 0.15) is 6.61 Å². The molecular weight excluding hydrogens is 428 g/mol. The van der Waals surface area contributed by atoms with Crippen molar-refractivity contribution in [2.45, 2.75) is 66.6 Å². The highest BCUT2D eigenvalue weighted by atomic mass is 79.9. The monoisotopic (exact) mass is 464 g/mol. The normalized spacial score (nSPS) is 11.3. The van der Waals surface area contributed by atoms with Gasteiger partial charge in [0.15, 0.2) is 0 Å². The molecule has 0 aliphatic heterocycles. The molecule has 2 aromatic carbocycles. The van der Waals surface area contributed by atoms with Crippen LogP contribution in [0.4, 0.5) is 0 Å². The fraction of sp³-hybridized carbons (Fsp3) is 0.480. The molecular formula is C25H37BrO3. The van der Waals surface area contributed by atoms with Crippen molar-refractivity contribution in [1.82, 2.24) is 0 Å². The molecule has 1 unspecified atom stereocenters. The molecule has 0 aliphatic carbocycles. The lowest BCUT2D eigenvalue weighted by molar-refractivity contribution is -0.142. The van der Waals surface area contributed by atoms with E-state index in [1.807, 2.05) is 30.3 Å². The molecule has 0 aliphatic rings. The van der Waals surface area contributed by atoms with Crippen LogP contribution >= 0.6 is 15.9 Å². The number of esters is 1. The number of benzene rings is 2. The van der Waals surface area contributed by atoms with E-state index in [2.05, 4.69) is 74.8 Å². The van der Waals surface area contributed by atoms with Crippen LogP contribution in [-0.4, -0.2) is 18.7 Å². The predicted octanol–water partition coefficient (Wildman–Crippen LogP) is 7.22. The van der Waals surface area contributed by atoms with Crippen molar-refractivity contribution >= 4 is 21.9 Å². The molecule has 29 heavy (non-hydrogen) atoms. The van der Waals surface area contributed by atoms with Gasteiger partial charge in [0.05, 0.1) is 5.60 Å². The molecule has 162 valence electrons. The predicted molar refractivity (Wildman–Crippen MR) is 126 cm³/mol. The third-order valence-corrected chi connectivity index (χ3v) is 5.46. The van der Waals surface area contributed by atoms with Gasteiger partial charge in [-0.3, -0.25) is 4.79 Å². The summed E-state index contributed by atoms with van der Waals surface area (Å²) in [5, 5.41) is 0. The quantitative estimate of drug-likeness (QED) is 0.423. The van der Waals surface area contributed by atoms with Crippen molar-refractivity contribution in [3.8, 4) is 0 Å². The van der Waals surface area contributed by atoms with Crippen LogP contribution in [0.1, 0.15) is 59.1 Å². The smallest absolute Gasteiger partial charge is 0.302 e. The third kappa shape index (κ3) is 13.2. The lowest BCUT2D eigenvalue weighted by Crippen LogP contribution is -2.30. The van der Waals surface area contributed by atoms with Crippen molar-refractivity contribution in [1.29, 1.82) is 0 Å². The van der Waals surface area contributed by atoms with Crippen LogP contribution in [0, 0.1) is 5.92 Å². The zero-order chi connectivity index (χ0) is 22.3. The van der Waals surface area contributed by atoms with E-state index >= 15 is 0 Å². The third-order valence-electron chi connectivity index (χ3n) is 4.93. The van der Waals surface area contributed by atoms with Gasteiger partial charge in [-0.1, -0.05) is 85.6 Å². The van der Waals surface area contributed by atoms with Gasteiger partial charge >= 0.3 is 5.97 Å². The van der Waals surface area contributed by atoms with Crippen molar-refractivity contribution in [2.75, 3.05) is 7.11 Å². The molecule has 4 heteroatoms. The molecule has 0 amide bonds. The minimum Gasteiger partial charge on any atom is -0.461 e. The number of methoxy groups -OCH3 is 1. The van der Waals surface area contributed by atoms with Crippen molar-refractivity contribution < 1.29 is 14.3 Å². The fourth-order valence-electron chi connectivity index (χ4n) is 2.17. The molecule has 0 heterocycles. The number of rotatable bonds is 6. The van der Waals surface area contributed by atoms with E-state index < -0.39 is 0 Å². The Balaban J connectivity index is 0.000000409. The maximum absolute atomic E-state index is 10.4. The van der Waals surface area contributed by atoms with Crippen LogP contribution in [0.15, 0.2) is 59.1 Å². The summed E-state index contributed by atoms with van der Waals surface area (Å²) in [5.74, 6) is 0.399. The van der Waals surface area contributed by atoms with Crippen LogP contribution in [0.5, 0.6) is 0 Å². The maximum Gasteiger partial charge on any atom is 0.302 e. The number of carbonyl (C=O) groups is 1. The van der Waals surface area contributed by atoms with Gasteiger partial charge in [-0.05, 0) is 49.4 Å². The van der Waals surface area contributed by atoms with Gasteiger partial charge < -0.3 is 9.47 Å². The number of carbonyl (C=O) groups excluding carboxylic acids is 1. The highest BCUT2D eigenvalue weighted by molar-refractivity contribution is 9.10. The van der Waals surface area contributed by atoms with E-state index in [1.54, 1.807) is 7.11 Å². The number of hydrogen-bond acceptors (Lipinski definition) is 3. The Morgan fingerprint density at radius 2 is 1.55 bits per heavy atom. The average molecular weight is 465 g/mol. The van der Waals surface area contributed by atoms with Crippen LogP contribution < -0.4 is 0 Å². The molecule has 0 spiro atoms. The Labute approximate surface area is 186 Å². The Kier molecular flexibility index (Phi) is 14.4. The molecule has 0 saturated carbocycles. The molecule has 3 nitrogen and oxygen atoms in total. The molecule has 0 bridgehead atoms. The van der Waals surface area contributed by atoms with Crippen molar-refractivity contribution in [3.05, 3.63) is 70.2 Å². The zero-order valence-electron chi connectivity index (χ0n) is 19.0. The molecule has 2 aromatic rings. The molecule has 0 N–H and O–H groups in total. The number of aryl methyl sites for hydroxylation is 1. The second-order valence-corrected chi connectivity index (χ2v) is 8.28. The highest BCUT2D eigenvalue weighted by Gasteiger charge is 2.22. The lowest BCUT2D eigenvalue weighted by Gasteiger charge is -2.29. The average Bonchev–Trinajstić information content (AvgIpc) is 2.74. The SMILES string of the molecule is CC(=O)OCc1ccccc1.CCC(C)C(C)(C)OC.CCc1ccc(Br)cc1. The van der Waals surface area contributed by atoms with Crippen LogP contribution in [0.3, 0.4) is 0 Å². The minimum absolute atomic E-state index is 0.0503. The zero-order valence-corrected chi connectivity index (χ0v) is 20.6. The van der Waals surface area contributed by atoms with Gasteiger partial charge in [-0.25, -0.2) is 0 Å². The Morgan fingerprint density at radius 3 is 1.93 bits per heavy atom. The van der Waals surface area contributed by atoms with E-state index in [4.69, 9.17) is 9.47 Å². The molecule has 0 saturated heterocycles. The van der Waals surface area contributed by atoms with Gasteiger partial charge in [0.25, 0.3) is 0 Å². The topological polar surface area (TPSA) is 35.5 Å². The van der Waals surface area contributed by atoms with E-state index in [-0.39, 0.29) is 11.6 Å². The summed E-state index contributed by atoms with van der Waals surface area (Å²) in [6, 6.07) is 18.0. The van der Waals surface area contributed by atoms with Crippen LogP contribution in [-0.2, 0) is 27.3 Å². The summed E-state index contributed by atoms with van der Waals surface area (Å²) in [7, 11) is 1.77. The van der Waals surface area contributed by atoms with Crippen molar-refractivity contribution in [2.24, 2.45) is 5.92 Å². The number of hydrogen-bond donors (Lipinski definition) is 0. The number of halogens is 1. The first-order valence-corrected chi connectivity index (χ1v) is 10.9. The standard InChI is InChI=1S/C9H10O2.C8H9Br.C8H18O/c1-8(10)11-7-9-5-3-2-4-6-9;1-2-7-3-5-8(9)6-4-7;1-6-7(2)8(3,4)9-5/h2-6H,7H2,1H3;3-6H,2H2,1H3;7H,6H2,1-5H3. The summed E-state index contributed by atoms with van der Waals surface area (Å²) >= 11 is 3.37. The molecule has 0 fully saturated rings. The summed E-state index contributed by atoms with van der Waals surface area (Å²) in [6.07, 6.45) is 2.30. The Bertz CT molecular complexity index is 666. The summed E-state index contributed by atoms with van der Waals surface area (Å²) < 4.78 is 11.2. The van der Waals surface area contributed by atoms with Gasteiger partial charge in [0.2, 0.25) is 0 Å². The molecule has 1 atom stereocenters. The Hall–Kier alpha value is -1.65. The van der Waals surface area contributed by atoms with Gasteiger partial charge in [-0.2, -0.15) is 0 Å². The van der Waals surface area contributed by atoms with Crippen LogP contribution in [0.25, 0.3) is 0 Å². The van der Waals surface area contributed by atoms with E-state index in [9.17, 15) is 4.79 Å². The highest BCUT2D eigenvalue weighted by Crippen LogP contribution is 2.22. The summed E-state index contributed by atoms with van der Waals surface area (Å²) in [6.45, 7) is 12.6. The first-order chi connectivity index (χ1) is 13.7. The maximum atomic E-state index is 10.4. The number of ether oxygens (including phenoxy) is 2. The summed E-state index contributed by atoms with van der Waals surface area (Å²) in [5.41, 5.74) is 2.45. The molecule has 0 radical (unpaired) electrons. The van der Waals surface area contributed by atoms with Gasteiger partial charge in [-0.15, -0.1) is 0 Å². The summed E-state index contributed by atoms with van der Waals surface area (Å²) in [4.78, 5) is 10.4. The van der Waals surface area contributed by atoms with Crippen LogP contribution in [0.2, 0.25) is 0 Å². The van der Waals surface area contributed by atoms with E-state index in [1.165, 1.54) is 18.9 Å². The largest absolute Gasteiger partial charge is 0.461 e. The van der Waals surface area contributed by atoms with E-state index in [0.717, 1.165) is 16.5 Å². The molecule has 0 aromatic heterocycles. The second kappa shape index (κ2) is 15.2. The first kappa shape index (κ1) is 27.4.